The van der Waals surface area contributed by atoms with E-state index >= 15 is 0 Å². The molecule has 0 spiro atoms. The van der Waals surface area contributed by atoms with E-state index in [1.54, 1.807) is 0 Å². The molecular formula is C11H18N2O5. The predicted octanol–water partition coefficient (Wildman–Crippen LogP) is -0.607. The molecular weight excluding hydrogens is 240 g/mol. The minimum Gasteiger partial charge on any atom is -0.480 e. The molecule has 7 heteroatoms. The number of carbonyl (C=O) groups excluding carboxylic acids is 1. The van der Waals surface area contributed by atoms with Crippen LogP contribution in [0.15, 0.2) is 0 Å². The molecule has 2 rings (SSSR count). The van der Waals surface area contributed by atoms with Gasteiger partial charge in [-0.15, -0.1) is 0 Å². The van der Waals surface area contributed by atoms with E-state index in [9.17, 15) is 14.7 Å². The van der Waals surface area contributed by atoms with Crippen LogP contribution in [0.25, 0.3) is 0 Å². The Labute approximate surface area is 105 Å². The number of nitrogens with zero attached hydrogens (tertiary/aromatic N) is 1. The molecule has 0 aromatic rings. The molecule has 2 aliphatic rings. The number of ether oxygens (including phenoxy) is 1. The zero-order valence-corrected chi connectivity index (χ0v) is 10.2. The van der Waals surface area contributed by atoms with Crippen LogP contribution >= 0.6 is 0 Å². The Morgan fingerprint density at radius 2 is 2.17 bits per heavy atom. The molecule has 102 valence electrons. The number of nitrogens with one attached hydrogen (secondary N) is 1. The molecule has 2 heterocycles. The summed E-state index contributed by atoms with van der Waals surface area (Å²) in [7, 11) is 0. The van der Waals surface area contributed by atoms with Gasteiger partial charge in [0.2, 0.25) is 0 Å². The molecule has 3 unspecified atom stereocenters. The van der Waals surface area contributed by atoms with E-state index in [-0.39, 0.29) is 25.1 Å². The number of aliphatic hydroxyl groups excluding tert-OH is 1. The van der Waals surface area contributed by atoms with Crippen LogP contribution in [0, 0.1) is 0 Å². The average Bonchev–Trinajstić information content (AvgIpc) is 2.86. The number of aliphatic carboxylic acids is 1. The lowest BCUT2D eigenvalue weighted by atomic mass is 10.1. The molecule has 0 aromatic carbocycles. The molecule has 2 saturated heterocycles. The van der Waals surface area contributed by atoms with E-state index in [0.717, 1.165) is 6.42 Å². The fourth-order valence-electron chi connectivity index (χ4n) is 2.44. The van der Waals surface area contributed by atoms with Crippen LogP contribution in [-0.2, 0) is 9.53 Å². The smallest absolute Gasteiger partial charge is 0.326 e. The fourth-order valence-corrected chi connectivity index (χ4v) is 2.44. The third kappa shape index (κ3) is 2.56. The van der Waals surface area contributed by atoms with E-state index in [2.05, 4.69) is 5.32 Å². The maximum absolute atomic E-state index is 12.0. The van der Waals surface area contributed by atoms with Crippen molar-refractivity contribution in [2.75, 3.05) is 13.2 Å². The summed E-state index contributed by atoms with van der Waals surface area (Å²) in [5.41, 5.74) is 0. The number of β-amino-alcohol motifs (C(OH)–C–C–N with tert-alkyl or cyclic N) is 1. The molecule has 18 heavy (non-hydrogen) atoms. The fraction of sp³-hybridized carbons (Fsp3) is 0.818. The maximum Gasteiger partial charge on any atom is 0.326 e. The summed E-state index contributed by atoms with van der Waals surface area (Å²) in [5.74, 6) is -1.09. The lowest BCUT2D eigenvalue weighted by Crippen LogP contribution is -2.50. The van der Waals surface area contributed by atoms with Crippen LogP contribution in [0.4, 0.5) is 4.79 Å². The number of hydrogen-bond donors (Lipinski definition) is 3. The zero-order valence-electron chi connectivity index (χ0n) is 10.2. The number of carboxylic acids is 1. The second-order valence-electron chi connectivity index (χ2n) is 4.82. The Hall–Kier alpha value is -1.34. The van der Waals surface area contributed by atoms with Crippen LogP contribution < -0.4 is 5.32 Å². The molecule has 0 aliphatic carbocycles. The first-order valence-electron chi connectivity index (χ1n) is 6.08. The average molecular weight is 258 g/mol. The highest BCUT2D eigenvalue weighted by molar-refractivity contribution is 5.83. The van der Waals surface area contributed by atoms with Crippen LogP contribution in [0.2, 0.25) is 0 Å². The van der Waals surface area contributed by atoms with Crippen molar-refractivity contribution in [1.29, 1.82) is 0 Å². The normalized spacial score (nSPS) is 35.8. The molecule has 0 aromatic heterocycles. The van der Waals surface area contributed by atoms with Gasteiger partial charge in [-0.25, -0.2) is 9.59 Å². The lowest BCUT2D eigenvalue weighted by molar-refractivity contribution is -0.141. The summed E-state index contributed by atoms with van der Waals surface area (Å²) >= 11 is 0. The quantitative estimate of drug-likeness (QED) is 0.614. The summed E-state index contributed by atoms with van der Waals surface area (Å²) in [4.78, 5) is 24.2. The predicted molar refractivity (Wildman–Crippen MR) is 61.1 cm³/mol. The minimum absolute atomic E-state index is 0.0603. The molecule has 4 atom stereocenters. The van der Waals surface area contributed by atoms with Crippen molar-refractivity contribution in [1.82, 2.24) is 10.2 Å². The molecule has 0 saturated carbocycles. The van der Waals surface area contributed by atoms with E-state index < -0.39 is 24.1 Å². The zero-order chi connectivity index (χ0) is 13.3. The van der Waals surface area contributed by atoms with Gasteiger partial charge >= 0.3 is 12.0 Å². The SMILES string of the molecule is CC1OCCC1NC(=O)N1CC(O)C[C@H]1C(=O)O. The van der Waals surface area contributed by atoms with Crippen LogP contribution in [-0.4, -0.2) is 64.6 Å². The molecule has 2 fully saturated rings. The summed E-state index contributed by atoms with van der Waals surface area (Å²) in [6.45, 7) is 2.52. The van der Waals surface area contributed by atoms with Gasteiger partial charge in [-0.1, -0.05) is 0 Å². The van der Waals surface area contributed by atoms with E-state index in [0.29, 0.717) is 6.61 Å². The first-order chi connectivity index (χ1) is 8.49. The molecule has 2 amide bonds. The molecule has 2 aliphatic heterocycles. The van der Waals surface area contributed by atoms with E-state index in [1.165, 1.54) is 4.90 Å². The van der Waals surface area contributed by atoms with Gasteiger partial charge in [0.1, 0.15) is 6.04 Å². The number of likely N-dealkylation sites (tertiary alicyclic amines) is 1. The van der Waals surface area contributed by atoms with Crippen molar-refractivity contribution < 1.29 is 24.5 Å². The van der Waals surface area contributed by atoms with Gasteiger partial charge in [-0.05, 0) is 13.3 Å². The van der Waals surface area contributed by atoms with Crippen molar-refractivity contribution in [3.63, 3.8) is 0 Å². The summed E-state index contributed by atoms with van der Waals surface area (Å²) in [6, 6.07) is -1.48. The monoisotopic (exact) mass is 258 g/mol. The number of rotatable bonds is 2. The molecule has 0 bridgehead atoms. The van der Waals surface area contributed by atoms with Crippen LogP contribution in [0.1, 0.15) is 19.8 Å². The van der Waals surface area contributed by atoms with Crippen molar-refractivity contribution in [3.05, 3.63) is 0 Å². The highest BCUT2D eigenvalue weighted by Gasteiger charge is 2.40. The third-order valence-electron chi connectivity index (χ3n) is 3.51. The number of carbonyl (C=O) groups is 2. The topological polar surface area (TPSA) is 99.1 Å². The van der Waals surface area contributed by atoms with Crippen molar-refractivity contribution >= 4 is 12.0 Å². The van der Waals surface area contributed by atoms with Gasteiger partial charge in [-0.3, -0.25) is 0 Å². The van der Waals surface area contributed by atoms with E-state index in [1.807, 2.05) is 6.92 Å². The van der Waals surface area contributed by atoms with Crippen molar-refractivity contribution in [2.24, 2.45) is 0 Å². The van der Waals surface area contributed by atoms with Gasteiger partial charge < -0.3 is 25.2 Å². The second-order valence-corrected chi connectivity index (χ2v) is 4.82. The summed E-state index contributed by atoms with van der Waals surface area (Å²) < 4.78 is 5.33. The molecule has 7 nitrogen and oxygen atoms in total. The van der Waals surface area contributed by atoms with Gasteiger partial charge in [0, 0.05) is 19.6 Å². The Bertz CT molecular complexity index is 348. The standard InChI is InChI=1S/C11H18N2O5/c1-6-8(2-3-18-6)12-11(17)13-5-7(14)4-9(13)10(15)16/h6-9,14H,2-5H2,1H3,(H,12,17)(H,15,16)/t6?,7?,8?,9-/m0/s1. The largest absolute Gasteiger partial charge is 0.480 e. The Morgan fingerprint density at radius 1 is 1.44 bits per heavy atom. The van der Waals surface area contributed by atoms with Crippen LogP contribution in [0.3, 0.4) is 0 Å². The second kappa shape index (κ2) is 5.11. The lowest BCUT2D eigenvalue weighted by Gasteiger charge is -2.25. The highest BCUT2D eigenvalue weighted by atomic mass is 16.5. The van der Waals surface area contributed by atoms with Gasteiger partial charge in [0.25, 0.3) is 0 Å². The third-order valence-corrected chi connectivity index (χ3v) is 3.51. The Kier molecular flexibility index (Phi) is 3.72. The van der Waals surface area contributed by atoms with Gasteiger partial charge in [0.15, 0.2) is 0 Å². The number of hydrogen-bond acceptors (Lipinski definition) is 4. The molecule has 3 N–H and O–H groups in total. The van der Waals surface area contributed by atoms with Gasteiger partial charge in [0.05, 0.1) is 18.2 Å². The Balaban J connectivity index is 1.97. The Morgan fingerprint density at radius 3 is 2.72 bits per heavy atom. The molecule has 0 radical (unpaired) electrons. The number of aliphatic hydroxyl groups is 1. The van der Waals surface area contributed by atoms with Crippen LogP contribution in [0.5, 0.6) is 0 Å². The highest BCUT2D eigenvalue weighted by Crippen LogP contribution is 2.19. The van der Waals surface area contributed by atoms with Crippen molar-refractivity contribution in [2.45, 2.75) is 44.1 Å². The minimum atomic E-state index is -1.09. The number of urea groups is 1. The number of amides is 2. The van der Waals surface area contributed by atoms with Gasteiger partial charge in [-0.2, -0.15) is 0 Å². The summed E-state index contributed by atoms with van der Waals surface area (Å²) in [5, 5.41) is 21.2. The van der Waals surface area contributed by atoms with Crippen molar-refractivity contribution in [3.8, 4) is 0 Å². The summed E-state index contributed by atoms with van der Waals surface area (Å²) in [6.07, 6.45) is -0.0283. The first kappa shape index (κ1) is 13.1. The maximum atomic E-state index is 12.0. The first-order valence-corrected chi connectivity index (χ1v) is 6.08. The van der Waals surface area contributed by atoms with E-state index in [4.69, 9.17) is 9.84 Å². The number of carboxylic acid groups (broad SMARTS) is 1.